The van der Waals surface area contributed by atoms with Crippen molar-refractivity contribution in [3.63, 3.8) is 0 Å². The Hall–Kier alpha value is -1.11. The zero-order valence-corrected chi connectivity index (χ0v) is 11.1. The van der Waals surface area contributed by atoms with Crippen LogP contribution in [0.15, 0.2) is 30.5 Å². The maximum absolute atomic E-state index is 12.4. The van der Waals surface area contributed by atoms with Gasteiger partial charge in [0, 0.05) is 17.6 Å². The quantitative estimate of drug-likeness (QED) is 0.926. The smallest absolute Gasteiger partial charge is 0.387 e. The summed E-state index contributed by atoms with van der Waals surface area (Å²) in [6, 6.07) is 6.82. The number of halogens is 4. The number of aliphatic hydroxyl groups is 1. The fourth-order valence-electron chi connectivity index (χ4n) is 1.56. The van der Waals surface area contributed by atoms with Crippen LogP contribution in [0.3, 0.4) is 0 Å². The topological polar surface area (TPSA) is 33.1 Å². The molecule has 102 valence electrons. The Morgan fingerprint density at radius 3 is 2.68 bits per heavy atom. The summed E-state index contributed by atoms with van der Waals surface area (Å²) < 4.78 is 37.2. The standard InChI is InChI=1S/C12H9ClF3NOS/c13-8-3-1-2-7(4-8)5-9(18)10-6-17-11(19-10)12(14,15)16/h1-4,6,9,18H,5H2. The summed E-state index contributed by atoms with van der Waals surface area (Å²) in [4.78, 5) is 3.46. The first-order valence-electron chi connectivity index (χ1n) is 5.31. The molecular formula is C12H9ClF3NOS. The molecule has 0 aliphatic heterocycles. The summed E-state index contributed by atoms with van der Waals surface area (Å²) in [5.74, 6) is 0. The van der Waals surface area contributed by atoms with Gasteiger partial charge in [-0.15, -0.1) is 11.3 Å². The van der Waals surface area contributed by atoms with Crippen LogP contribution in [0, 0.1) is 0 Å². The van der Waals surface area contributed by atoms with Crippen molar-refractivity contribution in [2.45, 2.75) is 18.7 Å². The van der Waals surface area contributed by atoms with Crippen LogP contribution >= 0.6 is 22.9 Å². The first-order chi connectivity index (χ1) is 8.86. The van der Waals surface area contributed by atoms with E-state index in [1.54, 1.807) is 24.3 Å². The molecule has 7 heteroatoms. The molecule has 0 radical (unpaired) electrons. The normalized spacial score (nSPS) is 13.5. The molecule has 1 atom stereocenters. The molecule has 0 fully saturated rings. The number of rotatable bonds is 3. The number of hydrogen-bond acceptors (Lipinski definition) is 3. The lowest BCUT2D eigenvalue weighted by Gasteiger charge is -2.08. The number of alkyl halides is 3. The second kappa shape index (κ2) is 5.48. The van der Waals surface area contributed by atoms with Gasteiger partial charge in [0.15, 0.2) is 5.01 Å². The highest BCUT2D eigenvalue weighted by Crippen LogP contribution is 2.35. The van der Waals surface area contributed by atoms with Crippen molar-refractivity contribution in [2.75, 3.05) is 0 Å². The average Bonchev–Trinajstić information content (AvgIpc) is 2.77. The van der Waals surface area contributed by atoms with E-state index in [1.165, 1.54) is 0 Å². The Labute approximate surface area is 116 Å². The van der Waals surface area contributed by atoms with Crippen molar-refractivity contribution in [3.05, 3.63) is 50.9 Å². The van der Waals surface area contributed by atoms with Crippen molar-refractivity contribution >= 4 is 22.9 Å². The van der Waals surface area contributed by atoms with Gasteiger partial charge in [-0.1, -0.05) is 23.7 Å². The minimum atomic E-state index is -4.47. The van der Waals surface area contributed by atoms with Crippen molar-refractivity contribution in [1.82, 2.24) is 4.98 Å². The van der Waals surface area contributed by atoms with Gasteiger partial charge < -0.3 is 5.11 Å². The molecule has 0 aliphatic carbocycles. The van der Waals surface area contributed by atoms with E-state index < -0.39 is 17.3 Å². The zero-order valence-electron chi connectivity index (χ0n) is 9.49. The highest BCUT2D eigenvalue weighted by atomic mass is 35.5. The molecule has 1 aromatic carbocycles. The molecule has 2 nitrogen and oxygen atoms in total. The van der Waals surface area contributed by atoms with Gasteiger partial charge in [0.2, 0.25) is 0 Å². The third-order valence-electron chi connectivity index (χ3n) is 2.41. The predicted molar refractivity (Wildman–Crippen MR) is 67.2 cm³/mol. The molecular weight excluding hydrogens is 299 g/mol. The van der Waals surface area contributed by atoms with E-state index in [9.17, 15) is 18.3 Å². The van der Waals surface area contributed by atoms with Crippen molar-refractivity contribution in [1.29, 1.82) is 0 Å². The van der Waals surface area contributed by atoms with Crippen LogP contribution in [0.5, 0.6) is 0 Å². The fourth-order valence-corrected chi connectivity index (χ4v) is 2.54. The summed E-state index contributed by atoms with van der Waals surface area (Å²) in [7, 11) is 0. The maximum Gasteiger partial charge on any atom is 0.443 e. The van der Waals surface area contributed by atoms with Crippen LogP contribution in [-0.2, 0) is 12.6 Å². The SMILES string of the molecule is OC(Cc1cccc(Cl)c1)c1cnc(C(F)(F)F)s1. The third kappa shape index (κ3) is 3.68. The summed E-state index contributed by atoms with van der Waals surface area (Å²) in [5.41, 5.74) is 0.752. The molecule has 1 aromatic heterocycles. The second-order valence-corrected chi connectivity index (χ2v) is 5.41. The molecule has 2 rings (SSSR count). The van der Waals surface area contributed by atoms with Gasteiger partial charge in [0.05, 0.1) is 11.0 Å². The van der Waals surface area contributed by atoms with Crippen LogP contribution in [0.2, 0.25) is 5.02 Å². The average molecular weight is 308 g/mol. The van der Waals surface area contributed by atoms with E-state index in [1.807, 2.05) is 0 Å². The number of aliphatic hydroxyl groups excluding tert-OH is 1. The molecule has 0 aliphatic rings. The van der Waals surface area contributed by atoms with E-state index in [0.29, 0.717) is 16.4 Å². The minimum Gasteiger partial charge on any atom is -0.387 e. The van der Waals surface area contributed by atoms with Crippen molar-refractivity contribution in [2.24, 2.45) is 0 Å². The molecule has 0 spiro atoms. The number of hydrogen-bond donors (Lipinski definition) is 1. The highest BCUT2D eigenvalue weighted by Gasteiger charge is 2.35. The molecule has 0 bridgehead atoms. The summed E-state index contributed by atoms with van der Waals surface area (Å²) >= 11 is 6.25. The van der Waals surface area contributed by atoms with Gasteiger partial charge in [-0.05, 0) is 17.7 Å². The molecule has 0 saturated carbocycles. The van der Waals surface area contributed by atoms with E-state index in [0.717, 1.165) is 11.8 Å². The Bertz CT molecular complexity index is 570. The molecule has 2 aromatic rings. The Morgan fingerprint density at radius 1 is 1.37 bits per heavy atom. The third-order valence-corrected chi connectivity index (χ3v) is 3.79. The van der Waals surface area contributed by atoms with Gasteiger partial charge >= 0.3 is 6.18 Å². The summed E-state index contributed by atoms with van der Waals surface area (Å²) in [6.07, 6.45) is -4.24. The molecule has 1 unspecified atom stereocenters. The van der Waals surface area contributed by atoms with E-state index in [2.05, 4.69) is 4.98 Å². The van der Waals surface area contributed by atoms with Crippen LogP contribution in [-0.4, -0.2) is 10.1 Å². The van der Waals surface area contributed by atoms with Crippen molar-refractivity contribution in [3.8, 4) is 0 Å². The predicted octanol–water partition coefficient (Wildman–Crippen LogP) is 4.09. The van der Waals surface area contributed by atoms with E-state index in [4.69, 9.17) is 11.6 Å². The zero-order chi connectivity index (χ0) is 14.0. The minimum absolute atomic E-state index is 0.187. The van der Waals surface area contributed by atoms with E-state index in [-0.39, 0.29) is 11.3 Å². The van der Waals surface area contributed by atoms with Gasteiger partial charge in [0.1, 0.15) is 0 Å². The van der Waals surface area contributed by atoms with Crippen molar-refractivity contribution < 1.29 is 18.3 Å². The Morgan fingerprint density at radius 2 is 2.11 bits per heavy atom. The Kier molecular flexibility index (Phi) is 4.13. The van der Waals surface area contributed by atoms with Gasteiger partial charge in [-0.2, -0.15) is 13.2 Å². The number of thiazole rings is 1. The first-order valence-corrected chi connectivity index (χ1v) is 6.51. The maximum atomic E-state index is 12.4. The summed E-state index contributed by atoms with van der Waals surface area (Å²) in [5, 5.41) is 9.47. The largest absolute Gasteiger partial charge is 0.443 e. The fraction of sp³-hybridized carbons (Fsp3) is 0.250. The second-order valence-electron chi connectivity index (χ2n) is 3.92. The molecule has 19 heavy (non-hydrogen) atoms. The van der Waals surface area contributed by atoms with Crippen LogP contribution in [0.1, 0.15) is 21.6 Å². The van der Waals surface area contributed by atoms with Crippen LogP contribution in [0.4, 0.5) is 13.2 Å². The molecule has 0 saturated heterocycles. The lowest BCUT2D eigenvalue weighted by atomic mass is 10.1. The molecule has 0 amide bonds. The van der Waals surface area contributed by atoms with Gasteiger partial charge in [0.25, 0.3) is 0 Å². The lowest BCUT2D eigenvalue weighted by Crippen LogP contribution is -2.03. The highest BCUT2D eigenvalue weighted by molar-refractivity contribution is 7.11. The van der Waals surface area contributed by atoms with Crippen LogP contribution in [0.25, 0.3) is 0 Å². The number of benzene rings is 1. The number of aromatic nitrogens is 1. The Balaban J connectivity index is 2.12. The number of nitrogens with zero attached hydrogens (tertiary/aromatic N) is 1. The first kappa shape index (κ1) is 14.3. The van der Waals surface area contributed by atoms with Crippen LogP contribution < -0.4 is 0 Å². The van der Waals surface area contributed by atoms with E-state index >= 15 is 0 Å². The molecule has 1 heterocycles. The lowest BCUT2D eigenvalue weighted by molar-refractivity contribution is -0.137. The molecule has 1 N–H and O–H groups in total. The van der Waals surface area contributed by atoms with Gasteiger partial charge in [-0.3, -0.25) is 0 Å². The van der Waals surface area contributed by atoms with Gasteiger partial charge in [-0.25, -0.2) is 4.98 Å². The monoisotopic (exact) mass is 307 g/mol. The summed E-state index contributed by atoms with van der Waals surface area (Å²) in [6.45, 7) is 0.